The van der Waals surface area contributed by atoms with E-state index in [9.17, 15) is 14.4 Å². The van der Waals surface area contributed by atoms with E-state index >= 15 is 0 Å². The Morgan fingerprint density at radius 2 is 1.22 bits per heavy atom. The fourth-order valence-corrected chi connectivity index (χ4v) is 3.67. The molecular weight excluding hydrogens is 416 g/mol. The minimum Gasteiger partial charge on any atom is -0.482 e. The highest BCUT2D eigenvalue weighted by molar-refractivity contribution is 5.96. The molecule has 1 aliphatic heterocycles. The standard InChI is InChI=1S/C24H18O8/c25-21(26)13-30-17-9-5-15(6-10-17)24(20-4-2-1-3-19(20)23(29)32-24)16-7-11-18(12-8-16)31-14-22(27)28/h1-12H,13-14H2,(H,25,26)(H,27,28). The number of carbonyl (C=O) groups excluding carboxylic acids is 1. The summed E-state index contributed by atoms with van der Waals surface area (Å²) in [6.07, 6.45) is 0. The number of cyclic esters (lactones) is 1. The van der Waals surface area contributed by atoms with E-state index in [1.807, 2.05) is 12.1 Å². The molecule has 0 aromatic heterocycles. The molecule has 4 rings (SSSR count). The third-order valence-electron chi connectivity index (χ3n) is 5.02. The van der Waals surface area contributed by atoms with Crippen LogP contribution in [0.5, 0.6) is 11.5 Å². The normalized spacial score (nSPS) is 13.7. The van der Waals surface area contributed by atoms with Crippen LogP contribution in [0.15, 0.2) is 72.8 Å². The molecule has 0 aliphatic carbocycles. The zero-order chi connectivity index (χ0) is 22.7. The van der Waals surface area contributed by atoms with Gasteiger partial charge in [-0.1, -0.05) is 42.5 Å². The van der Waals surface area contributed by atoms with E-state index < -0.39 is 36.7 Å². The highest BCUT2D eigenvalue weighted by Crippen LogP contribution is 2.47. The third kappa shape index (κ3) is 3.85. The summed E-state index contributed by atoms with van der Waals surface area (Å²) in [5.74, 6) is -1.93. The van der Waals surface area contributed by atoms with Crippen LogP contribution in [-0.2, 0) is 19.9 Å². The predicted molar refractivity (Wildman–Crippen MR) is 111 cm³/mol. The number of aliphatic carboxylic acids is 2. The number of carbonyl (C=O) groups is 3. The Labute approximate surface area is 182 Å². The van der Waals surface area contributed by atoms with Gasteiger partial charge >= 0.3 is 17.9 Å². The molecule has 0 amide bonds. The van der Waals surface area contributed by atoms with E-state index in [2.05, 4.69) is 0 Å². The molecule has 8 heteroatoms. The van der Waals surface area contributed by atoms with Crippen LogP contribution in [0.1, 0.15) is 27.0 Å². The minimum absolute atomic E-state index is 0.362. The first kappa shape index (κ1) is 20.9. The average molecular weight is 434 g/mol. The van der Waals surface area contributed by atoms with Gasteiger partial charge in [0.1, 0.15) is 11.5 Å². The van der Waals surface area contributed by atoms with E-state index in [4.69, 9.17) is 24.4 Å². The highest BCUT2D eigenvalue weighted by atomic mass is 16.6. The second-order valence-corrected chi connectivity index (χ2v) is 7.03. The van der Waals surface area contributed by atoms with E-state index in [-0.39, 0.29) is 0 Å². The van der Waals surface area contributed by atoms with Crippen molar-refractivity contribution in [2.45, 2.75) is 5.60 Å². The topological polar surface area (TPSA) is 119 Å². The van der Waals surface area contributed by atoms with Crippen LogP contribution < -0.4 is 9.47 Å². The molecule has 3 aromatic rings. The van der Waals surface area contributed by atoms with Crippen LogP contribution in [0.3, 0.4) is 0 Å². The van der Waals surface area contributed by atoms with Crippen molar-refractivity contribution >= 4 is 17.9 Å². The smallest absolute Gasteiger partial charge is 0.341 e. The Hall–Kier alpha value is -4.33. The van der Waals surface area contributed by atoms with Crippen molar-refractivity contribution in [3.63, 3.8) is 0 Å². The molecule has 0 spiro atoms. The van der Waals surface area contributed by atoms with Gasteiger partial charge in [0, 0.05) is 16.7 Å². The lowest BCUT2D eigenvalue weighted by Gasteiger charge is -2.30. The third-order valence-corrected chi connectivity index (χ3v) is 5.02. The lowest BCUT2D eigenvalue weighted by atomic mass is 9.80. The fourth-order valence-electron chi connectivity index (χ4n) is 3.67. The Balaban J connectivity index is 1.77. The SMILES string of the molecule is O=C(O)COc1ccc(C2(c3ccc(OCC(=O)O)cc3)OC(=O)c3ccccc32)cc1. The summed E-state index contributed by atoms with van der Waals surface area (Å²) in [4.78, 5) is 34.2. The van der Waals surface area contributed by atoms with Crippen molar-refractivity contribution in [3.8, 4) is 11.5 Å². The van der Waals surface area contributed by atoms with Crippen molar-refractivity contribution in [1.29, 1.82) is 0 Å². The van der Waals surface area contributed by atoms with Crippen LogP contribution in [0.25, 0.3) is 0 Å². The zero-order valence-corrected chi connectivity index (χ0v) is 16.7. The number of esters is 1. The number of carboxylic acids is 2. The Kier molecular flexibility index (Phi) is 5.51. The summed E-state index contributed by atoms with van der Waals surface area (Å²) in [5, 5.41) is 17.6. The molecular formula is C24H18O8. The number of hydrogen-bond donors (Lipinski definition) is 2. The number of ether oxygens (including phenoxy) is 3. The van der Waals surface area contributed by atoms with Crippen LogP contribution in [0.4, 0.5) is 0 Å². The highest BCUT2D eigenvalue weighted by Gasteiger charge is 2.48. The molecule has 3 aromatic carbocycles. The van der Waals surface area contributed by atoms with Gasteiger partial charge in [-0.2, -0.15) is 0 Å². The van der Waals surface area contributed by atoms with Gasteiger partial charge in [-0.05, 0) is 30.3 Å². The summed E-state index contributed by atoms with van der Waals surface area (Å²) < 4.78 is 16.4. The lowest BCUT2D eigenvalue weighted by Crippen LogP contribution is -2.29. The van der Waals surface area contributed by atoms with Crippen LogP contribution in [0.2, 0.25) is 0 Å². The van der Waals surface area contributed by atoms with Gasteiger partial charge in [0.15, 0.2) is 18.8 Å². The molecule has 0 bridgehead atoms. The monoisotopic (exact) mass is 434 g/mol. The Bertz CT molecular complexity index is 1100. The molecule has 32 heavy (non-hydrogen) atoms. The molecule has 0 atom stereocenters. The second-order valence-electron chi connectivity index (χ2n) is 7.03. The first-order valence-electron chi connectivity index (χ1n) is 9.63. The van der Waals surface area contributed by atoms with Crippen LogP contribution in [-0.4, -0.2) is 41.3 Å². The molecule has 1 aliphatic rings. The van der Waals surface area contributed by atoms with E-state index in [0.29, 0.717) is 33.8 Å². The maximum absolute atomic E-state index is 12.7. The summed E-state index contributed by atoms with van der Waals surface area (Å²) >= 11 is 0. The van der Waals surface area contributed by atoms with Crippen LogP contribution in [0, 0.1) is 0 Å². The van der Waals surface area contributed by atoms with Gasteiger partial charge in [-0.3, -0.25) is 0 Å². The lowest BCUT2D eigenvalue weighted by molar-refractivity contribution is -0.140. The minimum atomic E-state index is -1.25. The maximum atomic E-state index is 12.7. The summed E-state index contributed by atoms with van der Waals surface area (Å²) in [7, 11) is 0. The van der Waals surface area contributed by atoms with Gasteiger partial charge in [-0.15, -0.1) is 0 Å². The summed E-state index contributed by atoms with van der Waals surface area (Å²) in [6, 6.07) is 20.3. The molecule has 0 fully saturated rings. The van der Waals surface area contributed by atoms with Gasteiger partial charge in [-0.25, -0.2) is 14.4 Å². The van der Waals surface area contributed by atoms with Gasteiger partial charge in [0.2, 0.25) is 0 Å². The van der Waals surface area contributed by atoms with Crippen molar-refractivity contribution < 1.29 is 38.8 Å². The van der Waals surface area contributed by atoms with E-state index in [1.54, 1.807) is 60.7 Å². The van der Waals surface area contributed by atoms with Gasteiger partial charge in [0.25, 0.3) is 0 Å². The average Bonchev–Trinajstić information content (AvgIpc) is 3.10. The van der Waals surface area contributed by atoms with Crippen molar-refractivity contribution in [3.05, 3.63) is 95.1 Å². The van der Waals surface area contributed by atoms with Crippen molar-refractivity contribution in [1.82, 2.24) is 0 Å². The van der Waals surface area contributed by atoms with E-state index in [0.717, 1.165) is 0 Å². The van der Waals surface area contributed by atoms with Crippen LogP contribution >= 0.6 is 0 Å². The summed E-state index contributed by atoms with van der Waals surface area (Å²) in [5.41, 5.74) is 1.12. The number of rotatable bonds is 8. The molecule has 0 saturated heterocycles. The quantitative estimate of drug-likeness (QED) is 0.519. The number of fused-ring (bicyclic) bond motifs is 1. The molecule has 8 nitrogen and oxygen atoms in total. The maximum Gasteiger partial charge on any atom is 0.341 e. The molecule has 0 radical (unpaired) electrons. The molecule has 2 N–H and O–H groups in total. The van der Waals surface area contributed by atoms with Gasteiger partial charge < -0.3 is 24.4 Å². The van der Waals surface area contributed by atoms with Crippen molar-refractivity contribution in [2.75, 3.05) is 13.2 Å². The second kappa shape index (κ2) is 8.43. The zero-order valence-electron chi connectivity index (χ0n) is 16.7. The molecule has 1 heterocycles. The van der Waals surface area contributed by atoms with Crippen molar-refractivity contribution in [2.24, 2.45) is 0 Å². The first-order chi connectivity index (χ1) is 15.4. The van der Waals surface area contributed by atoms with Gasteiger partial charge in [0.05, 0.1) is 5.56 Å². The Morgan fingerprint density at radius 1 is 0.750 bits per heavy atom. The summed E-state index contributed by atoms with van der Waals surface area (Å²) in [6.45, 7) is -0.944. The number of carboxylic acid groups (broad SMARTS) is 2. The van der Waals surface area contributed by atoms with E-state index in [1.165, 1.54) is 0 Å². The molecule has 0 saturated carbocycles. The Morgan fingerprint density at radius 3 is 1.69 bits per heavy atom. The number of benzene rings is 3. The largest absolute Gasteiger partial charge is 0.482 e. The molecule has 162 valence electrons. The first-order valence-corrected chi connectivity index (χ1v) is 9.63. The predicted octanol–water partition coefficient (Wildman–Crippen LogP) is 3.08. The molecule has 0 unspecified atom stereocenters. The fraction of sp³-hybridized carbons (Fsp3) is 0.125. The number of hydrogen-bond acceptors (Lipinski definition) is 6.